The largest absolute Gasteiger partial charge is 0.466 e. The SMILES string of the molecule is CCOC(=O)[C@@H](C)CNC(=O)c1ccc(S(N)(=O)=O)cc1. The van der Waals surface area contributed by atoms with Gasteiger partial charge in [0.2, 0.25) is 10.0 Å². The van der Waals surface area contributed by atoms with E-state index in [2.05, 4.69) is 5.32 Å². The number of rotatable bonds is 6. The summed E-state index contributed by atoms with van der Waals surface area (Å²) in [5, 5.41) is 7.54. The van der Waals surface area contributed by atoms with E-state index in [4.69, 9.17) is 9.88 Å². The molecule has 1 rings (SSSR count). The average Bonchev–Trinajstić information content (AvgIpc) is 2.43. The van der Waals surface area contributed by atoms with Crippen molar-refractivity contribution in [2.45, 2.75) is 18.7 Å². The Morgan fingerprint density at radius 2 is 1.86 bits per heavy atom. The Labute approximate surface area is 123 Å². The van der Waals surface area contributed by atoms with E-state index in [9.17, 15) is 18.0 Å². The van der Waals surface area contributed by atoms with E-state index in [-0.39, 0.29) is 29.6 Å². The summed E-state index contributed by atoms with van der Waals surface area (Å²) >= 11 is 0. The molecular formula is C13H18N2O5S. The minimum absolute atomic E-state index is 0.0704. The fraction of sp³-hybridized carbons (Fsp3) is 0.385. The Kier molecular flexibility index (Phi) is 5.86. The number of sulfonamides is 1. The van der Waals surface area contributed by atoms with Gasteiger partial charge >= 0.3 is 5.97 Å². The first-order valence-corrected chi connectivity index (χ1v) is 7.88. The summed E-state index contributed by atoms with van der Waals surface area (Å²) in [7, 11) is -3.78. The van der Waals surface area contributed by atoms with Gasteiger partial charge in [-0.1, -0.05) is 6.92 Å². The average molecular weight is 314 g/mol. The first kappa shape index (κ1) is 17.1. The number of esters is 1. The van der Waals surface area contributed by atoms with Gasteiger partial charge in [-0.05, 0) is 31.2 Å². The van der Waals surface area contributed by atoms with Gasteiger partial charge in [0.25, 0.3) is 5.91 Å². The van der Waals surface area contributed by atoms with Gasteiger partial charge in [-0.2, -0.15) is 0 Å². The van der Waals surface area contributed by atoms with Crippen molar-refractivity contribution < 1.29 is 22.7 Å². The maximum atomic E-state index is 11.8. The highest BCUT2D eigenvalue weighted by atomic mass is 32.2. The van der Waals surface area contributed by atoms with Crippen LogP contribution in [0.3, 0.4) is 0 Å². The van der Waals surface area contributed by atoms with Crippen molar-refractivity contribution in [1.29, 1.82) is 0 Å². The van der Waals surface area contributed by atoms with Crippen LogP contribution in [-0.2, 0) is 19.6 Å². The quantitative estimate of drug-likeness (QED) is 0.731. The standard InChI is InChI=1S/C13H18N2O5S/c1-3-20-13(17)9(2)8-15-12(16)10-4-6-11(7-5-10)21(14,18)19/h4-7,9H,3,8H2,1-2H3,(H,15,16)(H2,14,18,19)/t9-/m0/s1. The summed E-state index contributed by atoms with van der Waals surface area (Å²) in [5.41, 5.74) is 0.276. The third-order valence-electron chi connectivity index (χ3n) is 2.70. The normalized spacial score (nSPS) is 12.5. The van der Waals surface area contributed by atoms with Crippen molar-refractivity contribution in [1.82, 2.24) is 5.32 Å². The van der Waals surface area contributed by atoms with Gasteiger partial charge in [0.15, 0.2) is 0 Å². The van der Waals surface area contributed by atoms with E-state index in [1.807, 2.05) is 0 Å². The van der Waals surface area contributed by atoms with Crippen molar-refractivity contribution in [3.05, 3.63) is 29.8 Å². The molecule has 0 bridgehead atoms. The molecule has 116 valence electrons. The Morgan fingerprint density at radius 1 is 1.29 bits per heavy atom. The number of hydrogen-bond donors (Lipinski definition) is 2. The third kappa shape index (κ3) is 5.16. The van der Waals surface area contributed by atoms with Crippen molar-refractivity contribution in [2.24, 2.45) is 11.1 Å². The van der Waals surface area contributed by atoms with Crippen LogP contribution in [0.4, 0.5) is 0 Å². The second kappa shape index (κ2) is 7.19. The molecule has 0 aliphatic rings. The Morgan fingerprint density at radius 3 is 2.33 bits per heavy atom. The van der Waals surface area contributed by atoms with Gasteiger partial charge < -0.3 is 10.1 Å². The number of hydrogen-bond acceptors (Lipinski definition) is 5. The number of nitrogens with two attached hydrogens (primary N) is 1. The Hall–Kier alpha value is -1.93. The number of amides is 1. The second-order valence-electron chi connectivity index (χ2n) is 4.43. The van der Waals surface area contributed by atoms with Gasteiger partial charge in [0.05, 0.1) is 17.4 Å². The molecule has 0 heterocycles. The maximum absolute atomic E-state index is 11.8. The summed E-state index contributed by atoms with van der Waals surface area (Å²) in [4.78, 5) is 23.2. The highest BCUT2D eigenvalue weighted by Gasteiger charge is 2.16. The molecule has 0 aliphatic heterocycles. The molecule has 7 nitrogen and oxygen atoms in total. The molecule has 21 heavy (non-hydrogen) atoms. The predicted octanol–water partition coefficient (Wildman–Crippen LogP) is 0.263. The first-order chi connectivity index (χ1) is 9.75. The zero-order chi connectivity index (χ0) is 16.0. The van der Waals surface area contributed by atoms with Crippen LogP contribution in [0.15, 0.2) is 29.2 Å². The van der Waals surface area contributed by atoms with E-state index < -0.39 is 21.8 Å². The molecule has 0 saturated carbocycles. The van der Waals surface area contributed by atoms with Crippen molar-refractivity contribution >= 4 is 21.9 Å². The number of benzene rings is 1. The molecule has 0 radical (unpaired) electrons. The fourth-order valence-corrected chi connectivity index (χ4v) is 2.03. The molecule has 0 fully saturated rings. The Balaban J connectivity index is 2.62. The third-order valence-corrected chi connectivity index (χ3v) is 3.63. The number of carbonyl (C=O) groups is 2. The lowest BCUT2D eigenvalue weighted by atomic mass is 10.1. The Bertz CT molecular complexity index is 610. The van der Waals surface area contributed by atoms with Gasteiger partial charge in [0, 0.05) is 12.1 Å². The van der Waals surface area contributed by atoms with Crippen molar-refractivity contribution in [3.8, 4) is 0 Å². The van der Waals surface area contributed by atoms with E-state index in [0.717, 1.165) is 0 Å². The minimum atomic E-state index is -3.78. The van der Waals surface area contributed by atoms with Crippen LogP contribution in [0.2, 0.25) is 0 Å². The maximum Gasteiger partial charge on any atom is 0.310 e. The minimum Gasteiger partial charge on any atom is -0.466 e. The molecule has 1 aromatic rings. The van der Waals surface area contributed by atoms with Crippen molar-refractivity contribution in [3.63, 3.8) is 0 Å². The zero-order valence-electron chi connectivity index (χ0n) is 11.8. The number of ether oxygens (including phenoxy) is 1. The van der Waals surface area contributed by atoms with Crippen LogP contribution < -0.4 is 10.5 Å². The summed E-state index contributed by atoms with van der Waals surface area (Å²) in [5.74, 6) is -1.26. The smallest absolute Gasteiger partial charge is 0.310 e. The van der Waals surface area contributed by atoms with Crippen LogP contribution in [0.5, 0.6) is 0 Å². The van der Waals surface area contributed by atoms with E-state index in [0.29, 0.717) is 0 Å². The summed E-state index contributed by atoms with van der Waals surface area (Å²) in [6, 6.07) is 5.20. The number of primary sulfonamides is 1. The topological polar surface area (TPSA) is 116 Å². The fourth-order valence-electron chi connectivity index (χ4n) is 1.51. The zero-order valence-corrected chi connectivity index (χ0v) is 12.6. The van der Waals surface area contributed by atoms with Gasteiger partial charge in [-0.25, -0.2) is 13.6 Å². The first-order valence-electron chi connectivity index (χ1n) is 6.33. The lowest BCUT2D eigenvalue weighted by molar-refractivity contribution is -0.147. The summed E-state index contributed by atoms with van der Waals surface area (Å²) in [6.45, 7) is 3.76. The van der Waals surface area contributed by atoms with Crippen LogP contribution in [-0.4, -0.2) is 33.4 Å². The van der Waals surface area contributed by atoms with Crippen LogP contribution in [0.25, 0.3) is 0 Å². The van der Waals surface area contributed by atoms with Crippen LogP contribution in [0.1, 0.15) is 24.2 Å². The van der Waals surface area contributed by atoms with E-state index >= 15 is 0 Å². The highest BCUT2D eigenvalue weighted by Crippen LogP contribution is 2.09. The molecular weight excluding hydrogens is 296 g/mol. The molecule has 3 N–H and O–H groups in total. The van der Waals surface area contributed by atoms with Crippen LogP contribution in [0, 0.1) is 5.92 Å². The molecule has 8 heteroatoms. The van der Waals surface area contributed by atoms with Crippen LogP contribution >= 0.6 is 0 Å². The molecule has 0 aromatic heterocycles. The lowest BCUT2D eigenvalue weighted by Gasteiger charge is -2.11. The van der Waals surface area contributed by atoms with Gasteiger partial charge in [0.1, 0.15) is 0 Å². The van der Waals surface area contributed by atoms with Gasteiger partial charge in [-0.3, -0.25) is 9.59 Å². The highest BCUT2D eigenvalue weighted by molar-refractivity contribution is 7.89. The molecule has 1 atom stereocenters. The molecule has 0 unspecified atom stereocenters. The summed E-state index contributed by atoms with van der Waals surface area (Å²) in [6.07, 6.45) is 0. The van der Waals surface area contributed by atoms with E-state index in [1.165, 1.54) is 24.3 Å². The van der Waals surface area contributed by atoms with E-state index in [1.54, 1.807) is 13.8 Å². The molecule has 1 amide bonds. The molecule has 0 saturated heterocycles. The molecule has 0 spiro atoms. The lowest BCUT2D eigenvalue weighted by Crippen LogP contribution is -2.32. The van der Waals surface area contributed by atoms with Gasteiger partial charge in [-0.15, -0.1) is 0 Å². The molecule has 1 aromatic carbocycles. The predicted molar refractivity (Wildman–Crippen MR) is 75.9 cm³/mol. The molecule has 0 aliphatic carbocycles. The number of carbonyl (C=O) groups excluding carboxylic acids is 2. The van der Waals surface area contributed by atoms with Crippen molar-refractivity contribution in [2.75, 3.05) is 13.2 Å². The summed E-state index contributed by atoms with van der Waals surface area (Å²) < 4.78 is 27.0. The monoisotopic (exact) mass is 314 g/mol. The second-order valence-corrected chi connectivity index (χ2v) is 5.99. The number of nitrogens with one attached hydrogen (secondary N) is 1.